The Bertz CT molecular complexity index is 477. The second-order valence-electron chi connectivity index (χ2n) is 2.66. The summed E-state index contributed by atoms with van der Waals surface area (Å²) in [6.07, 6.45) is 3.43. The lowest BCUT2D eigenvalue weighted by Gasteiger charge is -1.90. The monoisotopic (exact) mass is 239 g/mol. The minimum Gasteiger partial charge on any atom is -0.293 e. The van der Waals surface area contributed by atoms with Gasteiger partial charge in [-0.2, -0.15) is 5.10 Å². The maximum Gasteiger partial charge on any atom is 0.180 e. The van der Waals surface area contributed by atoms with E-state index in [9.17, 15) is 4.79 Å². The molecular formula is C8H6BrN3O. The summed E-state index contributed by atoms with van der Waals surface area (Å²) in [5.74, 6) is -0.0541. The highest BCUT2D eigenvalue weighted by Crippen LogP contribution is 2.10. The maximum absolute atomic E-state index is 11.0. The Morgan fingerprint density at radius 1 is 1.62 bits per heavy atom. The first-order valence-corrected chi connectivity index (χ1v) is 4.48. The molecule has 0 aliphatic heterocycles. The van der Waals surface area contributed by atoms with Crippen LogP contribution in [-0.4, -0.2) is 20.4 Å². The Hall–Kier alpha value is -1.23. The Balaban J connectivity index is 2.68. The first-order valence-electron chi connectivity index (χ1n) is 3.69. The van der Waals surface area contributed by atoms with Crippen LogP contribution in [0.5, 0.6) is 0 Å². The summed E-state index contributed by atoms with van der Waals surface area (Å²) in [7, 11) is 0. The van der Waals surface area contributed by atoms with E-state index in [0.717, 1.165) is 4.47 Å². The van der Waals surface area contributed by atoms with Crippen LogP contribution in [0.15, 0.2) is 22.9 Å². The molecule has 5 heteroatoms. The van der Waals surface area contributed by atoms with E-state index in [-0.39, 0.29) is 5.78 Å². The van der Waals surface area contributed by atoms with Crippen molar-refractivity contribution in [3.05, 3.63) is 28.6 Å². The predicted molar refractivity (Wildman–Crippen MR) is 50.7 cm³/mol. The Morgan fingerprint density at radius 3 is 3.08 bits per heavy atom. The van der Waals surface area contributed by atoms with Crippen LogP contribution in [0.2, 0.25) is 0 Å². The molecular weight excluding hydrogens is 234 g/mol. The number of halogens is 1. The zero-order valence-electron chi connectivity index (χ0n) is 6.86. The van der Waals surface area contributed by atoms with E-state index in [1.165, 1.54) is 6.92 Å². The Labute approximate surface area is 82.7 Å². The summed E-state index contributed by atoms with van der Waals surface area (Å²) in [5.41, 5.74) is 1.11. The van der Waals surface area contributed by atoms with Crippen LogP contribution in [-0.2, 0) is 0 Å². The molecule has 0 aliphatic carbocycles. The Kier molecular flexibility index (Phi) is 1.88. The highest BCUT2D eigenvalue weighted by Gasteiger charge is 2.06. The fraction of sp³-hybridized carbons (Fsp3) is 0.125. The summed E-state index contributed by atoms with van der Waals surface area (Å²) >= 11 is 3.27. The van der Waals surface area contributed by atoms with Gasteiger partial charge in [-0.05, 0) is 15.9 Å². The van der Waals surface area contributed by atoms with Crippen molar-refractivity contribution in [2.45, 2.75) is 6.92 Å². The molecule has 0 aliphatic rings. The number of hydrogen-bond acceptors (Lipinski definition) is 3. The van der Waals surface area contributed by atoms with E-state index >= 15 is 0 Å². The van der Waals surface area contributed by atoms with E-state index in [0.29, 0.717) is 11.3 Å². The molecule has 2 aromatic heterocycles. The van der Waals surface area contributed by atoms with Gasteiger partial charge in [-0.25, -0.2) is 9.50 Å². The first kappa shape index (κ1) is 8.37. The minimum atomic E-state index is -0.0541. The van der Waals surface area contributed by atoms with Crippen LogP contribution in [0, 0.1) is 0 Å². The van der Waals surface area contributed by atoms with Crippen LogP contribution in [0.4, 0.5) is 0 Å². The molecule has 2 aromatic rings. The SMILES string of the molecule is CC(=O)c1cc2ncc(Br)cn2n1. The standard InChI is InChI=1S/C8H6BrN3O/c1-5(13)7-2-8-10-3-6(9)4-12(8)11-7/h2-4H,1H3. The molecule has 2 rings (SSSR count). The van der Waals surface area contributed by atoms with Gasteiger partial charge in [-0.1, -0.05) is 0 Å². The number of fused-ring (bicyclic) bond motifs is 1. The summed E-state index contributed by atoms with van der Waals surface area (Å²) in [4.78, 5) is 15.1. The van der Waals surface area contributed by atoms with Crippen LogP contribution in [0.3, 0.4) is 0 Å². The molecule has 0 bridgehead atoms. The topological polar surface area (TPSA) is 47.3 Å². The lowest BCUT2D eigenvalue weighted by Crippen LogP contribution is -1.94. The summed E-state index contributed by atoms with van der Waals surface area (Å²) in [5, 5.41) is 4.05. The second-order valence-corrected chi connectivity index (χ2v) is 3.58. The number of nitrogens with zero attached hydrogens (tertiary/aromatic N) is 3. The second kappa shape index (κ2) is 2.92. The quantitative estimate of drug-likeness (QED) is 0.712. The van der Waals surface area contributed by atoms with E-state index in [2.05, 4.69) is 26.0 Å². The number of aromatic nitrogens is 3. The smallest absolute Gasteiger partial charge is 0.180 e. The number of ketones is 1. The third-order valence-electron chi connectivity index (χ3n) is 1.64. The van der Waals surface area contributed by atoms with Crippen molar-refractivity contribution < 1.29 is 4.79 Å². The van der Waals surface area contributed by atoms with Gasteiger partial charge in [0.15, 0.2) is 11.4 Å². The number of carbonyl (C=O) groups is 1. The Morgan fingerprint density at radius 2 is 2.38 bits per heavy atom. The lowest BCUT2D eigenvalue weighted by molar-refractivity contribution is 0.101. The van der Waals surface area contributed by atoms with E-state index < -0.39 is 0 Å². The average Bonchev–Trinajstić information content (AvgIpc) is 2.46. The van der Waals surface area contributed by atoms with Gasteiger partial charge in [-0.15, -0.1) is 0 Å². The number of hydrogen-bond donors (Lipinski definition) is 0. The number of rotatable bonds is 1. The number of Topliss-reactive ketones (excluding diaryl/α,β-unsaturated/α-hetero) is 1. The van der Waals surface area contributed by atoms with Gasteiger partial charge in [0.1, 0.15) is 5.69 Å². The van der Waals surface area contributed by atoms with Crippen LogP contribution >= 0.6 is 15.9 Å². The van der Waals surface area contributed by atoms with Crippen molar-refractivity contribution in [1.82, 2.24) is 14.6 Å². The largest absolute Gasteiger partial charge is 0.293 e. The highest BCUT2D eigenvalue weighted by atomic mass is 79.9. The van der Waals surface area contributed by atoms with Gasteiger partial charge in [0.25, 0.3) is 0 Å². The average molecular weight is 240 g/mol. The van der Waals surface area contributed by atoms with Gasteiger partial charge >= 0.3 is 0 Å². The molecule has 66 valence electrons. The van der Waals surface area contributed by atoms with E-state index in [1.54, 1.807) is 23.0 Å². The molecule has 0 N–H and O–H groups in total. The van der Waals surface area contributed by atoms with Gasteiger partial charge in [0, 0.05) is 25.4 Å². The molecule has 0 fully saturated rings. The van der Waals surface area contributed by atoms with Crippen molar-refractivity contribution in [1.29, 1.82) is 0 Å². The molecule has 0 atom stereocenters. The third-order valence-corrected chi connectivity index (χ3v) is 2.05. The fourth-order valence-electron chi connectivity index (χ4n) is 1.03. The number of carbonyl (C=O) groups excluding carboxylic acids is 1. The van der Waals surface area contributed by atoms with Crippen molar-refractivity contribution in [2.75, 3.05) is 0 Å². The van der Waals surface area contributed by atoms with Crippen LogP contribution in [0.1, 0.15) is 17.4 Å². The summed E-state index contributed by atoms with van der Waals surface area (Å²) in [6.45, 7) is 1.48. The third kappa shape index (κ3) is 1.47. The summed E-state index contributed by atoms with van der Waals surface area (Å²) < 4.78 is 2.40. The molecule has 0 spiro atoms. The van der Waals surface area contributed by atoms with Crippen molar-refractivity contribution in [2.24, 2.45) is 0 Å². The fourth-order valence-corrected chi connectivity index (χ4v) is 1.32. The summed E-state index contributed by atoms with van der Waals surface area (Å²) in [6, 6.07) is 1.66. The molecule has 2 heterocycles. The maximum atomic E-state index is 11.0. The molecule has 0 aromatic carbocycles. The molecule has 0 saturated heterocycles. The van der Waals surface area contributed by atoms with E-state index in [4.69, 9.17) is 0 Å². The first-order chi connectivity index (χ1) is 6.16. The van der Waals surface area contributed by atoms with Gasteiger partial charge < -0.3 is 0 Å². The van der Waals surface area contributed by atoms with Crippen LogP contribution < -0.4 is 0 Å². The molecule has 4 nitrogen and oxygen atoms in total. The van der Waals surface area contributed by atoms with Gasteiger partial charge in [0.05, 0.1) is 4.47 Å². The zero-order chi connectivity index (χ0) is 9.42. The highest BCUT2D eigenvalue weighted by molar-refractivity contribution is 9.10. The lowest BCUT2D eigenvalue weighted by atomic mass is 10.3. The zero-order valence-corrected chi connectivity index (χ0v) is 8.45. The van der Waals surface area contributed by atoms with Crippen molar-refractivity contribution in [3.8, 4) is 0 Å². The molecule has 0 unspecified atom stereocenters. The molecule has 0 radical (unpaired) electrons. The van der Waals surface area contributed by atoms with Crippen molar-refractivity contribution in [3.63, 3.8) is 0 Å². The molecule has 0 saturated carbocycles. The normalized spacial score (nSPS) is 10.6. The van der Waals surface area contributed by atoms with Crippen molar-refractivity contribution >= 4 is 27.4 Å². The van der Waals surface area contributed by atoms with Gasteiger partial charge in [-0.3, -0.25) is 4.79 Å². The molecule has 0 amide bonds. The molecule has 13 heavy (non-hydrogen) atoms. The minimum absolute atomic E-state index is 0.0541. The van der Waals surface area contributed by atoms with Gasteiger partial charge in [0.2, 0.25) is 0 Å². The predicted octanol–water partition coefficient (Wildman–Crippen LogP) is 1.69. The van der Waals surface area contributed by atoms with E-state index in [1.807, 2.05) is 0 Å². The van der Waals surface area contributed by atoms with Crippen LogP contribution in [0.25, 0.3) is 5.65 Å².